The van der Waals surface area contributed by atoms with Crippen LogP contribution in [0.1, 0.15) is 5.69 Å². The lowest BCUT2D eigenvalue weighted by Gasteiger charge is -2.04. The second-order valence-corrected chi connectivity index (χ2v) is 4.54. The van der Waals surface area contributed by atoms with Gasteiger partial charge in [-0.2, -0.15) is 0 Å². The molecule has 0 radical (unpaired) electrons. The van der Waals surface area contributed by atoms with E-state index in [1.807, 2.05) is 24.3 Å². The zero-order valence-electron chi connectivity index (χ0n) is 10.4. The van der Waals surface area contributed by atoms with Gasteiger partial charge in [0, 0.05) is 29.7 Å². The lowest BCUT2D eigenvalue weighted by Crippen LogP contribution is -2.23. The summed E-state index contributed by atoms with van der Waals surface area (Å²) in [7, 11) is 0. The third-order valence-corrected chi connectivity index (χ3v) is 3.12. The Morgan fingerprint density at radius 1 is 1.42 bits per heavy atom. The van der Waals surface area contributed by atoms with Crippen LogP contribution in [0.15, 0.2) is 24.3 Å². The molecule has 0 fully saturated rings. The van der Waals surface area contributed by atoms with E-state index in [2.05, 4.69) is 10.3 Å². The molecule has 2 aromatic rings. The fraction of sp³-hybridized carbons (Fsp3) is 0.308. The molecule has 0 aliphatic rings. The number of amides is 1. The predicted molar refractivity (Wildman–Crippen MR) is 75.0 cm³/mol. The second kappa shape index (κ2) is 6.56. The summed E-state index contributed by atoms with van der Waals surface area (Å²) in [5, 5.41) is 4.94. The molecule has 6 heteroatoms. The Bertz CT molecular complexity index is 568. The van der Waals surface area contributed by atoms with Crippen molar-refractivity contribution in [3.05, 3.63) is 35.0 Å². The number of primary amides is 1. The van der Waals surface area contributed by atoms with Gasteiger partial charge in [-0.05, 0) is 6.07 Å². The molecule has 4 N–H and O–H groups in total. The van der Waals surface area contributed by atoms with Crippen LogP contribution in [0.4, 0.5) is 0 Å². The Balaban J connectivity index is 1.82. The summed E-state index contributed by atoms with van der Waals surface area (Å²) in [6.07, 6.45) is 0. The lowest BCUT2D eigenvalue weighted by molar-refractivity contribution is -0.122. The van der Waals surface area contributed by atoms with Gasteiger partial charge in [0.25, 0.3) is 0 Å². The topological polar surface area (TPSA) is 80.1 Å². The van der Waals surface area contributed by atoms with E-state index in [4.69, 9.17) is 22.1 Å². The SMILES string of the molecule is NC(=O)COCCNCc1[nH]c2ccccc2c1Cl. The van der Waals surface area contributed by atoms with Crippen molar-refractivity contribution >= 4 is 28.4 Å². The van der Waals surface area contributed by atoms with Gasteiger partial charge in [0.2, 0.25) is 5.91 Å². The highest BCUT2D eigenvalue weighted by Gasteiger charge is 2.07. The van der Waals surface area contributed by atoms with E-state index < -0.39 is 5.91 Å². The normalized spacial score (nSPS) is 11.0. The van der Waals surface area contributed by atoms with Crippen LogP contribution in [-0.4, -0.2) is 30.6 Å². The molecule has 0 spiro atoms. The van der Waals surface area contributed by atoms with Crippen LogP contribution in [0.3, 0.4) is 0 Å². The maximum absolute atomic E-state index is 10.5. The molecule has 0 unspecified atom stereocenters. The van der Waals surface area contributed by atoms with Crippen molar-refractivity contribution in [1.29, 1.82) is 0 Å². The summed E-state index contributed by atoms with van der Waals surface area (Å²) in [5.74, 6) is -0.460. The molecule has 19 heavy (non-hydrogen) atoms. The predicted octanol–water partition coefficient (Wildman–Crippen LogP) is 1.41. The molecule has 1 heterocycles. The average molecular weight is 282 g/mol. The monoisotopic (exact) mass is 281 g/mol. The molecule has 1 aromatic heterocycles. The molecule has 2 rings (SSSR count). The van der Waals surface area contributed by atoms with Crippen LogP contribution in [0.5, 0.6) is 0 Å². The number of benzene rings is 1. The van der Waals surface area contributed by atoms with Gasteiger partial charge >= 0.3 is 0 Å². The third kappa shape index (κ3) is 3.70. The van der Waals surface area contributed by atoms with Crippen LogP contribution < -0.4 is 11.1 Å². The van der Waals surface area contributed by atoms with Crippen molar-refractivity contribution in [3.8, 4) is 0 Å². The largest absolute Gasteiger partial charge is 0.370 e. The summed E-state index contributed by atoms with van der Waals surface area (Å²) in [6, 6.07) is 7.88. The number of para-hydroxylation sites is 1. The third-order valence-electron chi connectivity index (χ3n) is 2.68. The van der Waals surface area contributed by atoms with Gasteiger partial charge in [-0.3, -0.25) is 4.79 Å². The van der Waals surface area contributed by atoms with Gasteiger partial charge in [0.1, 0.15) is 6.61 Å². The number of halogens is 1. The van der Waals surface area contributed by atoms with Crippen LogP contribution in [-0.2, 0) is 16.1 Å². The highest BCUT2D eigenvalue weighted by molar-refractivity contribution is 6.36. The Kier molecular flexibility index (Phi) is 4.79. The number of nitrogens with one attached hydrogen (secondary N) is 2. The summed E-state index contributed by atoms with van der Waals surface area (Å²) in [6.45, 7) is 1.63. The quantitative estimate of drug-likeness (QED) is 0.671. The van der Waals surface area contributed by atoms with Crippen molar-refractivity contribution in [2.45, 2.75) is 6.54 Å². The van der Waals surface area contributed by atoms with Crippen LogP contribution >= 0.6 is 11.6 Å². The van der Waals surface area contributed by atoms with E-state index >= 15 is 0 Å². The smallest absolute Gasteiger partial charge is 0.243 e. The first-order valence-corrected chi connectivity index (χ1v) is 6.38. The number of aromatic nitrogens is 1. The molecular weight excluding hydrogens is 266 g/mol. The highest BCUT2D eigenvalue weighted by Crippen LogP contribution is 2.26. The Morgan fingerprint density at radius 2 is 2.21 bits per heavy atom. The number of nitrogens with two attached hydrogens (primary N) is 1. The van der Waals surface area contributed by atoms with E-state index in [1.165, 1.54) is 0 Å². The second-order valence-electron chi connectivity index (χ2n) is 4.16. The maximum atomic E-state index is 10.5. The molecule has 5 nitrogen and oxygen atoms in total. The minimum atomic E-state index is -0.460. The van der Waals surface area contributed by atoms with Gasteiger partial charge in [0.15, 0.2) is 0 Å². The molecule has 0 aliphatic carbocycles. The minimum absolute atomic E-state index is 0.0468. The van der Waals surface area contributed by atoms with E-state index in [0.717, 1.165) is 21.6 Å². The fourth-order valence-corrected chi connectivity index (χ4v) is 2.09. The molecule has 0 saturated carbocycles. The number of hydrogen-bond acceptors (Lipinski definition) is 3. The number of aromatic amines is 1. The van der Waals surface area contributed by atoms with Crippen molar-refractivity contribution < 1.29 is 9.53 Å². The van der Waals surface area contributed by atoms with Gasteiger partial charge in [0.05, 0.1) is 11.6 Å². The Labute approximate surface area is 116 Å². The molecule has 1 aromatic carbocycles. The number of ether oxygens (including phenoxy) is 1. The lowest BCUT2D eigenvalue weighted by atomic mass is 10.2. The molecule has 0 saturated heterocycles. The summed E-state index contributed by atoms with van der Waals surface area (Å²) in [5.41, 5.74) is 6.92. The first-order valence-electron chi connectivity index (χ1n) is 6.00. The summed E-state index contributed by atoms with van der Waals surface area (Å²) in [4.78, 5) is 13.7. The first kappa shape index (κ1) is 13.9. The molecular formula is C13H16ClN3O2. The van der Waals surface area contributed by atoms with Gasteiger partial charge in [-0.1, -0.05) is 29.8 Å². The Morgan fingerprint density at radius 3 is 2.95 bits per heavy atom. The van der Waals surface area contributed by atoms with Crippen molar-refractivity contribution in [1.82, 2.24) is 10.3 Å². The summed E-state index contributed by atoms with van der Waals surface area (Å²) >= 11 is 6.28. The molecule has 0 aliphatic heterocycles. The number of H-pyrrole nitrogens is 1. The van der Waals surface area contributed by atoms with E-state index in [9.17, 15) is 4.79 Å². The van der Waals surface area contributed by atoms with E-state index in [1.54, 1.807) is 0 Å². The first-order chi connectivity index (χ1) is 9.18. The fourth-order valence-electron chi connectivity index (χ4n) is 1.82. The number of rotatable bonds is 7. The highest BCUT2D eigenvalue weighted by atomic mass is 35.5. The number of carbonyl (C=O) groups excluding carboxylic acids is 1. The van der Waals surface area contributed by atoms with E-state index in [-0.39, 0.29) is 6.61 Å². The number of fused-ring (bicyclic) bond motifs is 1. The molecule has 1 amide bonds. The van der Waals surface area contributed by atoms with Gasteiger partial charge in [-0.25, -0.2) is 0 Å². The minimum Gasteiger partial charge on any atom is -0.370 e. The Hall–Kier alpha value is -1.56. The zero-order valence-corrected chi connectivity index (χ0v) is 11.2. The zero-order chi connectivity index (χ0) is 13.7. The summed E-state index contributed by atoms with van der Waals surface area (Å²) < 4.78 is 5.04. The van der Waals surface area contributed by atoms with Gasteiger partial charge < -0.3 is 20.8 Å². The number of carbonyl (C=O) groups is 1. The average Bonchev–Trinajstić information content (AvgIpc) is 2.71. The maximum Gasteiger partial charge on any atom is 0.243 e. The molecule has 0 atom stereocenters. The number of hydrogen-bond donors (Lipinski definition) is 3. The van der Waals surface area contributed by atoms with Crippen LogP contribution in [0, 0.1) is 0 Å². The van der Waals surface area contributed by atoms with Crippen LogP contribution in [0.25, 0.3) is 10.9 Å². The van der Waals surface area contributed by atoms with Gasteiger partial charge in [-0.15, -0.1) is 0 Å². The van der Waals surface area contributed by atoms with Crippen molar-refractivity contribution in [2.75, 3.05) is 19.8 Å². The standard InChI is InChI=1S/C13H16ClN3O2/c14-13-9-3-1-2-4-10(9)17-11(13)7-16-5-6-19-8-12(15)18/h1-4,16-17H,5-8H2,(H2,15,18). The van der Waals surface area contributed by atoms with Crippen LogP contribution in [0.2, 0.25) is 5.02 Å². The molecule has 102 valence electrons. The van der Waals surface area contributed by atoms with Crippen molar-refractivity contribution in [2.24, 2.45) is 5.73 Å². The molecule has 0 bridgehead atoms. The van der Waals surface area contributed by atoms with E-state index in [0.29, 0.717) is 19.7 Å². The van der Waals surface area contributed by atoms with Crippen molar-refractivity contribution in [3.63, 3.8) is 0 Å².